The van der Waals surface area contributed by atoms with Crippen molar-refractivity contribution in [2.45, 2.75) is 19.1 Å². The van der Waals surface area contributed by atoms with E-state index in [2.05, 4.69) is 10.1 Å². The number of nitrogens with one attached hydrogen (secondary N) is 2. The molecular formula is C18H14F5N3O5. The average molecular weight is 447 g/mol. The summed E-state index contributed by atoms with van der Waals surface area (Å²) in [6, 6.07) is 2.70. The Labute approximate surface area is 171 Å². The summed E-state index contributed by atoms with van der Waals surface area (Å²) in [6.07, 6.45) is -4.80. The van der Waals surface area contributed by atoms with E-state index in [-0.39, 0.29) is 5.69 Å². The summed E-state index contributed by atoms with van der Waals surface area (Å²) in [6.45, 7) is 0.295. The molecular weight excluding hydrogens is 433 g/mol. The number of hydrogen-bond donors (Lipinski definition) is 2. The zero-order chi connectivity index (χ0) is 23.3. The molecule has 166 valence electrons. The first kappa shape index (κ1) is 23.5. The van der Waals surface area contributed by atoms with Crippen molar-refractivity contribution in [3.63, 3.8) is 0 Å². The van der Waals surface area contributed by atoms with Crippen LogP contribution >= 0.6 is 0 Å². The molecule has 0 saturated carbocycles. The molecule has 0 aromatic heterocycles. The quantitative estimate of drug-likeness (QED) is 0.289. The van der Waals surface area contributed by atoms with E-state index >= 15 is 0 Å². The molecule has 8 nitrogen and oxygen atoms in total. The number of nitrogens with zero attached hydrogens (tertiary/aromatic N) is 1. The minimum atomic E-state index is -4.80. The van der Waals surface area contributed by atoms with Crippen molar-refractivity contribution in [1.29, 1.82) is 0 Å². The molecule has 0 bridgehead atoms. The summed E-state index contributed by atoms with van der Waals surface area (Å²) in [4.78, 5) is 33.7. The zero-order valence-electron chi connectivity index (χ0n) is 15.6. The zero-order valence-corrected chi connectivity index (χ0v) is 15.6. The molecule has 0 spiro atoms. The van der Waals surface area contributed by atoms with Crippen LogP contribution in [0, 0.1) is 21.7 Å². The number of halogens is 5. The van der Waals surface area contributed by atoms with E-state index in [9.17, 15) is 41.7 Å². The molecule has 2 N–H and O–H groups in total. The SMILES string of the molecule is CC(Nc1ccc(C(F)(F)F)cc1[N+](=O)[O-])C(=O)OCC(=O)Nc1cc(F)ccc1F. The van der Waals surface area contributed by atoms with Crippen molar-refractivity contribution in [3.8, 4) is 0 Å². The van der Waals surface area contributed by atoms with Gasteiger partial charge in [-0.1, -0.05) is 0 Å². The number of rotatable bonds is 7. The predicted molar refractivity (Wildman–Crippen MR) is 97.1 cm³/mol. The van der Waals surface area contributed by atoms with E-state index in [0.717, 1.165) is 18.2 Å². The van der Waals surface area contributed by atoms with Crippen LogP contribution in [0.3, 0.4) is 0 Å². The van der Waals surface area contributed by atoms with Crippen LogP contribution in [0.15, 0.2) is 36.4 Å². The van der Waals surface area contributed by atoms with Crippen LogP contribution in [0.25, 0.3) is 0 Å². The second kappa shape index (κ2) is 9.36. The standard InChI is InChI=1S/C18H14F5N3O5/c1-9(24-13-5-2-10(18(21,22)23)6-15(13)26(29)30)17(28)31-8-16(27)25-14-7-11(19)3-4-12(14)20/h2-7,9,24H,8H2,1H3,(H,25,27). The Morgan fingerprint density at radius 1 is 1.13 bits per heavy atom. The Bertz CT molecular complexity index is 1010. The van der Waals surface area contributed by atoms with Crippen molar-refractivity contribution in [3.05, 3.63) is 63.7 Å². The van der Waals surface area contributed by atoms with Gasteiger partial charge in [0, 0.05) is 12.1 Å². The molecule has 1 amide bonds. The van der Waals surface area contributed by atoms with Gasteiger partial charge in [-0.2, -0.15) is 13.2 Å². The lowest BCUT2D eigenvalue weighted by Crippen LogP contribution is -2.31. The van der Waals surface area contributed by atoms with Crippen molar-refractivity contribution in [2.24, 2.45) is 0 Å². The van der Waals surface area contributed by atoms with Crippen LogP contribution in [-0.4, -0.2) is 29.4 Å². The van der Waals surface area contributed by atoms with Crippen LogP contribution in [0.1, 0.15) is 12.5 Å². The van der Waals surface area contributed by atoms with Crippen LogP contribution < -0.4 is 10.6 Å². The first-order chi connectivity index (χ1) is 14.4. The van der Waals surface area contributed by atoms with Gasteiger partial charge in [0.05, 0.1) is 16.2 Å². The number of ether oxygens (including phenoxy) is 1. The molecule has 0 fully saturated rings. The van der Waals surface area contributed by atoms with Gasteiger partial charge in [0.1, 0.15) is 23.4 Å². The van der Waals surface area contributed by atoms with Crippen LogP contribution in [0.2, 0.25) is 0 Å². The number of carbonyl (C=O) groups excluding carboxylic acids is 2. The van der Waals surface area contributed by atoms with Gasteiger partial charge in [-0.05, 0) is 31.2 Å². The molecule has 1 unspecified atom stereocenters. The molecule has 31 heavy (non-hydrogen) atoms. The van der Waals surface area contributed by atoms with Gasteiger partial charge >= 0.3 is 12.1 Å². The summed E-state index contributed by atoms with van der Waals surface area (Å²) in [5, 5.41) is 15.4. The number of nitro benzene ring substituents is 1. The molecule has 0 aliphatic heterocycles. The van der Waals surface area contributed by atoms with E-state index in [4.69, 9.17) is 0 Å². The lowest BCUT2D eigenvalue weighted by molar-refractivity contribution is -0.384. The second-order valence-electron chi connectivity index (χ2n) is 6.13. The van der Waals surface area contributed by atoms with Gasteiger partial charge in [0.25, 0.3) is 11.6 Å². The Morgan fingerprint density at radius 2 is 1.81 bits per heavy atom. The van der Waals surface area contributed by atoms with Gasteiger partial charge in [-0.3, -0.25) is 14.9 Å². The third-order valence-electron chi connectivity index (χ3n) is 3.80. The lowest BCUT2D eigenvalue weighted by atomic mass is 10.1. The third-order valence-corrected chi connectivity index (χ3v) is 3.80. The highest BCUT2D eigenvalue weighted by Crippen LogP contribution is 2.35. The molecule has 1 atom stereocenters. The number of benzene rings is 2. The molecule has 2 rings (SSSR count). The fraction of sp³-hybridized carbons (Fsp3) is 0.222. The highest BCUT2D eigenvalue weighted by molar-refractivity contribution is 5.93. The maximum atomic E-state index is 13.5. The lowest BCUT2D eigenvalue weighted by Gasteiger charge is -2.15. The van der Waals surface area contributed by atoms with Gasteiger partial charge in [0.15, 0.2) is 6.61 Å². The summed E-state index contributed by atoms with van der Waals surface area (Å²) in [7, 11) is 0. The number of carbonyl (C=O) groups is 2. The number of anilines is 2. The van der Waals surface area contributed by atoms with Gasteiger partial charge in [0.2, 0.25) is 0 Å². The first-order valence-corrected chi connectivity index (χ1v) is 8.42. The van der Waals surface area contributed by atoms with E-state index in [0.29, 0.717) is 18.2 Å². The number of amides is 1. The number of alkyl halides is 3. The average Bonchev–Trinajstić information content (AvgIpc) is 2.68. The summed E-state index contributed by atoms with van der Waals surface area (Å²) in [5.74, 6) is -3.81. The summed E-state index contributed by atoms with van der Waals surface area (Å²) >= 11 is 0. The van der Waals surface area contributed by atoms with Crippen molar-refractivity contribution in [2.75, 3.05) is 17.2 Å². The Kier molecular flexibility index (Phi) is 7.10. The van der Waals surface area contributed by atoms with Crippen LogP contribution in [0.4, 0.5) is 39.0 Å². The van der Waals surface area contributed by atoms with Crippen molar-refractivity contribution >= 4 is 28.9 Å². The number of hydrogen-bond acceptors (Lipinski definition) is 6. The van der Waals surface area contributed by atoms with Gasteiger partial charge < -0.3 is 15.4 Å². The minimum Gasteiger partial charge on any atom is -0.454 e. The maximum absolute atomic E-state index is 13.5. The monoisotopic (exact) mass is 447 g/mol. The Morgan fingerprint density at radius 3 is 2.42 bits per heavy atom. The van der Waals surface area contributed by atoms with E-state index in [1.807, 2.05) is 5.32 Å². The summed E-state index contributed by atoms with van der Waals surface area (Å²) in [5.41, 5.74) is -3.03. The normalized spacial score (nSPS) is 12.1. The molecule has 2 aromatic rings. The smallest absolute Gasteiger partial charge is 0.416 e. The van der Waals surface area contributed by atoms with E-state index < -0.39 is 64.2 Å². The molecule has 0 aliphatic rings. The molecule has 0 saturated heterocycles. The highest BCUT2D eigenvalue weighted by Gasteiger charge is 2.33. The Hall–Kier alpha value is -3.77. The van der Waals surface area contributed by atoms with E-state index in [1.54, 1.807) is 0 Å². The van der Waals surface area contributed by atoms with Crippen molar-refractivity contribution in [1.82, 2.24) is 0 Å². The summed E-state index contributed by atoms with van der Waals surface area (Å²) < 4.78 is 69.4. The molecule has 0 radical (unpaired) electrons. The largest absolute Gasteiger partial charge is 0.454 e. The Balaban J connectivity index is 2.00. The molecule has 0 heterocycles. The molecule has 13 heteroatoms. The highest BCUT2D eigenvalue weighted by atomic mass is 19.4. The fourth-order valence-electron chi connectivity index (χ4n) is 2.31. The van der Waals surface area contributed by atoms with Crippen LogP contribution in [0.5, 0.6) is 0 Å². The fourth-order valence-corrected chi connectivity index (χ4v) is 2.31. The third kappa shape index (κ3) is 6.35. The minimum absolute atomic E-state index is 0.307. The van der Waals surface area contributed by atoms with Crippen LogP contribution in [-0.2, 0) is 20.5 Å². The van der Waals surface area contributed by atoms with E-state index in [1.165, 1.54) is 6.92 Å². The first-order valence-electron chi connectivity index (χ1n) is 8.42. The number of esters is 1. The molecule has 2 aromatic carbocycles. The van der Waals surface area contributed by atoms with Crippen molar-refractivity contribution < 1.29 is 41.2 Å². The molecule has 0 aliphatic carbocycles. The maximum Gasteiger partial charge on any atom is 0.416 e. The van der Waals surface area contributed by atoms with Gasteiger partial charge in [-0.25, -0.2) is 13.6 Å². The predicted octanol–water partition coefficient (Wildman–Crippen LogP) is 3.87. The topological polar surface area (TPSA) is 111 Å². The second-order valence-corrected chi connectivity index (χ2v) is 6.13. The number of nitro groups is 1. The van der Waals surface area contributed by atoms with Gasteiger partial charge in [-0.15, -0.1) is 0 Å².